The van der Waals surface area contributed by atoms with Crippen molar-refractivity contribution in [3.05, 3.63) is 101 Å². The van der Waals surface area contributed by atoms with E-state index in [1.54, 1.807) is 12.1 Å². The average molecular weight is 417 g/mol. The third-order valence-corrected chi connectivity index (χ3v) is 5.65. The van der Waals surface area contributed by atoms with Crippen LogP contribution in [0.25, 0.3) is 0 Å². The normalized spacial score (nSPS) is 15.0. The molecule has 0 spiro atoms. The Morgan fingerprint density at radius 1 is 0.710 bits per heavy atom. The van der Waals surface area contributed by atoms with Crippen LogP contribution in [0.1, 0.15) is 27.0 Å². The molecular formula is C26H28N2O3. The van der Waals surface area contributed by atoms with E-state index in [1.807, 2.05) is 30.3 Å². The van der Waals surface area contributed by atoms with E-state index in [1.165, 1.54) is 11.1 Å². The molecule has 3 aromatic carbocycles. The Kier molecular flexibility index (Phi) is 6.97. The number of hydrogen-bond donors (Lipinski definition) is 1. The molecule has 3 aromatic rings. The van der Waals surface area contributed by atoms with Crippen molar-refractivity contribution in [3.8, 4) is 5.75 Å². The zero-order chi connectivity index (χ0) is 21.5. The lowest BCUT2D eigenvalue weighted by Crippen LogP contribution is -2.45. The van der Waals surface area contributed by atoms with Gasteiger partial charge in [0.15, 0.2) is 0 Å². The van der Waals surface area contributed by atoms with Crippen LogP contribution in [0.2, 0.25) is 0 Å². The number of piperazine rings is 1. The van der Waals surface area contributed by atoms with Gasteiger partial charge in [-0.15, -0.1) is 0 Å². The van der Waals surface area contributed by atoms with Gasteiger partial charge in [-0.25, -0.2) is 4.79 Å². The summed E-state index contributed by atoms with van der Waals surface area (Å²) in [5.74, 6) is 0.0160. The van der Waals surface area contributed by atoms with Crippen molar-refractivity contribution in [2.45, 2.75) is 19.7 Å². The summed E-state index contributed by atoms with van der Waals surface area (Å²) in [5, 5.41) is 9.01. The molecule has 1 fully saturated rings. The fourth-order valence-corrected chi connectivity index (χ4v) is 3.81. The standard InChI is InChI=1S/C26H28N2O3/c29-26(30)24-10-6-21(7-11-24)18-27-14-16-28(17-15-27)19-22-8-12-25(13-9-22)31-20-23-4-2-1-3-5-23/h1-13H,14-20H2,(H,29,30). The van der Waals surface area contributed by atoms with Crippen molar-refractivity contribution in [1.29, 1.82) is 0 Å². The van der Waals surface area contributed by atoms with Gasteiger partial charge >= 0.3 is 5.97 Å². The molecule has 0 unspecified atom stereocenters. The third kappa shape index (κ3) is 6.17. The number of benzene rings is 3. The Hall–Kier alpha value is -3.15. The Labute approximate surface area is 183 Å². The number of carbonyl (C=O) groups is 1. The number of rotatable bonds is 8. The Morgan fingerprint density at radius 2 is 1.23 bits per heavy atom. The number of nitrogens with zero attached hydrogens (tertiary/aromatic N) is 2. The van der Waals surface area contributed by atoms with Gasteiger partial charge in [0.1, 0.15) is 12.4 Å². The van der Waals surface area contributed by atoms with Crippen LogP contribution in [0.5, 0.6) is 5.75 Å². The summed E-state index contributed by atoms with van der Waals surface area (Å²) in [7, 11) is 0. The smallest absolute Gasteiger partial charge is 0.335 e. The number of carboxylic acids is 1. The molecular weight excluding hydrogens is 388 g/mol. The summed E-state index contributed by atoms with van der Waals surface area (Å²) in [5.41, 5.74) is 3.96. The molecule has 1 heterocycles. The number of hydrogen-bond acceptors (Lipinski definition) is 4. The average Bonchev–Trinajstić information content (AvgIpc) is 2.81. The summed E-state index contributed by atoms with van der Waals surface area (Å²) in [6.45, 7) is 6.47. The van der Waals surface area contributed by atoms with Crippen LogP contribution in [-0.4, -0.2) is 47.1 Å². The molecule has 31 heavy (non-hydrogen) atoms. The largest absolute Gasteiger partial charge is 0.489 e. The van der Waals surface area contributed by atoms with Crippen molar-refractivity contribution in [1.82, 2.24) is 9.80 Å². The molecule has 1 aliphatic heterocycles. The molecule has 160 valence electrons. The Bertz CT molecular complexity index is 964. The van der Waals surface area contributed by atoms with E-state index in [0.717, 1.165) is 50.6 Å². The second kappa shape index (κ2) is 10.2. The molecule has 4 rings (SSSR count). The van der Waals surface area contributed by atoms with Crippen molar-refractivity contribution in [3.63, 3.8) is 0 Å². The highest BCUT2D eigenvalue weighted by atomic mass is 16.5. The van der Waals surface area contributed by atoms with Crippen molar-refractivity contribution in [2.24, 2.45) is 0 Å². The minimum absolute atomic E-state index is 0.338. The van der Waals surface area contributed by atoms with Crippen LogP contribution < -0.4 is 4.74 Å². The van der Waals surface area contributed by atoms with E-state index >= 15 is 0 Å². The van der Waals surface area contributed by atoms with Gasteiger partial charge in [0, 0.05) is 39.3 Å². The first-order valence-corrected chi connectivity index (χ1v) is 10.7. The van der Waals surface area contributed by atoms with E-state index in [0.29, 0.717) is 12.2 Å². The molecule has 1 N–H and O–H groups in total. The Balaban J connectivity index is 1.21. The summed E-state index contributed by atoms with van der Waals surface area (Å²) >= 11 is 0. The van der Waals surface area contributed by atoms with Crippen LogP contribution in [0.4, 0.5) is 0 Å². The molecule has 0 saturated carbocycles. The number of aromatic carboxylic acids is 1. The van der Waals surface area contributed by atoms with Gasteiger partial charge in [-0.3, -0.25) is 9.80 Å². The van der Waals surface area contributed by atoms with Gasteiger partial charge < -0.3 is 9.84 Å². The van der Waals surface area contributed by atoms with Gasteiger partial charge in [-0.1, -0.05) is 54.6 Å². The summed E-state index contributed by atoms with van der Waals surface area (Å²) in [4.78, 5) is 15.9. The number of carboxylic acid groups (broad SMARTS) is 1. The fraction of sp³-hybridized carbons (Fsp3) is 0.269. The SMILES string of the molecule is O=C(O)c1ccc(CN2CCN(Cc3ccc(OCc4ccccc4)cc3)CC2)cc1. The molecule has 0 aliphatic carbocycles. The highest BCUT2D eigenvalue weighted by Crippen LogP contribution is 2.17. The maximum Gasteiger partial charge on any atom is 0.335 e. The third-order valence-electron chi connectivity index (χ3n) is 5.65. The van der Waals surface area contributed by atoms with Crippen molar-refractivity contribution < 1.29 is 14.6 Å². The first kappa shape index (κ1) is 21.1. The van der Waals surface area contributed by atoms with Crippen molar-refractivity contribution >= 4 is 5.97 Å². The van der Waals surface area contributed by atoms with Crippen LogP contribution in [0.15, 0.2) is 78.9 Å². The maximum atomic E-state index is 11.0. The first-order chi connectivity index (χ1) is 15.2. The van der Waals surface area contributed by atoms with Gasteiger partial charge in [0.2, 0.25) is 0 Å². The molecule has 5 nitrogen and oxygen atoms in total. The molecule has 1 saturated heterocycles. The zero-order valence-corrected chi connectivity index (χ0v) is 17.6. The predicted octanol–water partition coefficient (Wildman–Crippen LogP) is 4.28. The molecule has 0 amide bonds. The Morgan fingerprint density at radius 3 is 1.74 bits per heavy atom. The summed E-state index contributed by atoms with van der Waals surface area (Å²) in [6, 6.07) is 25.8. The highest BCUT2D eigenvalue weighted by molar-refractivity contribution is 5.87. The van der Waals surface area contributed by atoms with E-state index in [2.05, 4.69) is 46.2 Å². The quantitative estimate of drug-likeness (QED) is 0.594. The second-order valence-corrected chi connectivity index (χ2v) is 7.97. The van der Waals surface area contributed by atoms with Crippen LogP contribution >= 0.6 is 0 Å². The van der Waals surface area contributed by atoms with Crippen molar-refractivity contribution in [2.75, 3.05) is 26.2 Å². The lowest BCUT2D eigenvalue weighted by Gasteiger charge is -2.34. The van der Waals surface area contributed by atoms with Gasteiger partial charge in [-0.2, -0.15) is 0 Å². The van der Waals surface area contributed by atoms with Crippen LogP contribution in [0, 0.1) is 0 Å². The van der Waals surface area contributed by atoms with E-state index in [4.69, 9.17) is 9.84 Å². The maximum absolute atomic E-state index is 11.0. The lowest BCUT2D eigenvalue weighted by atomic mass is 10.1. The van der Waals surface area contributed by atoms with Crippen LogP contribution in [0.3, 0.4) is 0 Å². The molecule has 5 heteroatoms. The zero-order valence-electron chi connectivity index (χ0n) is 17.6. The molecule has 0 atom stereocenters. The molecule has 0 radical (unpaired) electrons. The van der Waals surface area contributed by atoms with Gasteiger partial charge in [0.25, 0.3) is 0 Å². The van der Waals surface area contributed by atoms with Crippen LogP contribution in [-0.2, 0) is 19.7 Å². The lowest BCUT2D eigenvalue weighted by molar-refractivity contribution is 0.0697. The van der Waals surface area contributed by atoms with E-state index in [9.17, 15) is 4.79 Å². The van der Waals surface area contributed by atoms with E-state index < -0.39 is 5.97 Å². The minimum Gasteiger partial charge on any atom is -0.489 e. The topological polar surface area (TPSA) is 53.0 Å². The predicted molar refractivity (Wildman–Crippen MR) is 121 cm³/mol. The summed E-state index contributed by atoms with van der Waals surface area (Å²) < 4.78 is 5.88. The monoisotopic (exact) mass is 416 g/mol. The second-order valence-electron chi connectivity index (χ2n) is 7.97. The molecule has 0 aromatic heterocycles. The van der Waals surface area contributed by atoms with E-state index in [-0.39, 0.29) is 0 Å². The summed E-state index contributed by atoms with van der Waals surface area (Å²) in [6.07, 6.45) is 0. The van der Waals surface area contributed by atoms with Gasteiger partial charge in [-0.05, 0) is 41.0 Å². The first-order valence-electron chi connectivity index (χ1n) is 10.7. The fourth-order valence-electron chi connectivity index (χ4n) is 3.81. The molecule has 1 aliphatic rings. The highest BCUT2D eigenvalue weighted by Gasteiger charge is 2.17. The minimum atomic E-state index is -0.879. The molecule has 0 bridgehead atoms. The number of ether oxygens (including phenoxy) is 1. The van der Waals surface area contributed by atoms with Gasteiger partial charge in [0.05, 0.1) is 5.56 Å².